The number of hydrogen-bond acceptors (Lipinski definition) is 2. The fourth-order valence-corrected chi connectivity index (χ4v) is 5.55. The molecule has 5 heteroatoms. The van der Waals surface area contributed by atoms with Crippen LogP contribution in [0.15, 0.2) is 84.9 Å². The Balaban J connectivity index is 1.80. The summed E-state index contributed by atoms with van der Waals surface area (Å²) in [6.45, 7) is 0. The van der Waals surface area contributed by atoms with Gasteiger partial charge < -0.3 is 0 Å². The van der Waals surface area contributed by atoms with E-state index in [0.29, 0.717) is 5.69 Å². The molecular formula is C19H17NO2SSe. The molecule has 0 aliphatic heterocycles. The van der Waals surface area contributed by atoms with Gasteiger partial charge in [-0.15, -0.1) is 0 Å². The minimum absolute atomic E-state index is 0.0273. The Kier molecular flexibility index (Phi) is 5.36. The summed E-state index contributed by atoms with van der Waals surface area (Å²) in [6.07, 6.45) is 0. The Bertz CT molecular complexity index is 897. The number of sulfonamides is 1. The molecule has 3 aromatic rings. The Labute approximate surface area is 149 Å². The van der Waals surface area contributed by atoms with Gasteiger partial charge in [0.05, 0.1) is 0 Å². The molecule has 3 aromatic carbocycles. The molecule has 24 heavy (non-hydrogen) atoms. The molecule has 3 rings (SSSR count). The van der Waals surface area contributed by atoms with Crippen molar-refractivity contribution in [2.75, 3.05) is 4.72 Å². The number of para-hydroxylation sites is 1. The summed E-state index contributed by atoms with van der Waals surface area (Å²) >= 11 is 0.0487. The normalized spacial score (nSPS) is 11.2. The van der Waals surface area contributed by atoms with E-state index < -0.39 is 10.0 Å². The van der Waals surface area contributed by atoms with Gasteiger partial charge in [-0.2, -0.15) is 0 Å². The van der Waals surface area contributed by atoms with Gasteiger partial charge in [0.2, 0.25) is 0 Å². The third-order valence-electron chi connectivity index (χ3n) is 3.32. The third-order valence-corrected chi connectivity index (χ3v) is 6.84. The molecule has 0 unspecified atom stereocenters. The van der Waals surface area contributed by atoms with Crippen molar-refractivity contribution in [1.82, 2.24) is 0 Å². The molecule has 0 radical (unpaired) electrons. The quantitative estimate of drug-likeness (QED) is 0.643. The topological polar surface area (TPSA) is 46.2 Å². The molecule has 1 N–H and O–H groups in total. The molecule has 0 bridgehead atoms. The summed E-state index contributed by atoms with van der Waals surface area (Å²) in [7, 11) is -3.44. The summed E-state index contributed by atoms with van der Waals surface area (Å²) in [4.78, 5) is 0. The van der Waals surface area contributed by atoms with Gasteiger partial charge in [0.15, 0.2) is 0 Å². The van der Waals surface area contributed by atoms with Crippen LogP contribution in [-0.4, -0.2) is 23.4 Å². The van der Waals surface area contributed by atoms with Crippen LogP contribution in [0.3, 0.4) is 0 Å². The van der Waals surface area contributed by atoms with E-state index in [-0.39, 0.29) is 20.7 Å². The van der Waals surface area contributed by atoms with Crippen LogP contribution in [-0.2, 0) is 15.8 Å². The van der Waals surface area contributed by atoms with E-state index in [2.05, 4.69) is 16.9 Å². The molecule has 0 aliphatic rings. The minimum atomic E-state index is -3.44. The van der Waals surface area contributed by atoms with Gasteiger partial charge in [0, 0.05) is 0 Å². The van der Waals surface area contributed by atoms with Crippen molar-refractivity contribution < 1.29 is 8.42 Å². The Hall–Kier alpha value is -2.07. The van der Waals surface area contributed by atoms with E-state index in [9.17, 15) is 8.42 Å². The molecule has 0 saturated heterocycles. The second kappa shape index (κ2) is 7.67. The zero-order valence-corrected chi connectivity index (χ0v) is 15.5. The van der Waals surface area contributed by atoms with Gasteiger partial charge >= 0.3 is 149 Å². The Morgan fingerprint density at radius 3 is 2.04 bits per heavy atom. The van der Waals surface area contributed by atoms with E-state index in [1.807, 2.05) is 72.8 Å². The molecule has 0 fully saturated rings. The average molecular weight is 402 g/mol. The second-order valence-corrected chi connectivity index (χ2v) is 9.32. The van der Waals surface area contributed by atoms with Crippen LogP contribution >= 0.6 is 0 Å². The number of hydrogen-bond donors (Lipinski definition) is 1. The molecule has 0 aliphatic carbocycles. The van der Waals surface area contributed by atoms with Crippen molar-refractivity contribution in [2.24, 2.45) is 0 Å². The van der Waals surface area contributed by atoms with Crippen molar-refractivity contribution in [1.29, 1.82) is 0 Å². The summed E-state index contributed by atoms with van der Waals surface area (Å²) in [5.74, 6) is -0.0273. The maximum absolute atomic E-state index is 12.5. The first-order valence-corrected chi connectivity index (χ1v) is 10.9. The number of benzene rings is 3. The number of anilines is 1. The standard InChI is InChI=1S/C19H17NO2SSe/c21-23(22,15-16-9-3-1-4-10-16)20-18-13-7-8-14-19(18)24-17-11-5-2-6-12-17/h1-14,20H,15H2. The van der Waals surface area contributed by atoms with Crippen LogP contribution in [0.1, 0.15) is 5.56 Å². The van der Waals surface area contributed by atoms with Gasteiger partial charge in [-0.05, 0) is 0 Å². The monoisotopic (exact) mass is 403 g/mol. The first kappa shape index (κ1) is 16.8. The average Bonchev–Trinajstić information content (AvgIpc) is 2.58. The van der Waals surface area contributed by atoms with Crippen molar-refractivity contribution >= 4 is 39.6 Å². The van der Waals surface area contributed by atoms with E-state index in [4.69, 9.17) is 0 Å². The molecule has 0 amide bonds. The van der Waals surface area contributed by atoms with Crippen molar-refractivity contribution in [3.05, 3.63) is 90.5 Å². The van der Waals surface area contributed by atoms with Crippen molar-refractivity contribution in [2.45, 2.75) is 5.75 Å². The molecular weight excluding hydrogens is 385 g/mol. The SMILES string of the molecule is O=S(=O)(Cc1ccccc1)Nc1ccccc1[Se]c1ccccc1. The fraction of sp³-hybridized carbons (Fsp3) is 0.0526. The van der Waals surface area contributed by atoms with Crippen LogP contribution in [0, 0.1) is 0 Å². The molecule has 0 saturated carbocycles. The summed E-state index contributed by atoms with van der Waals surface area (Å²) < 4.78 is 29.9. The Morgan fingerprint density at radius 2 is 1.33 bits per heavy atom. The van der Waals surface area contributed by atoms with Crippen LogP contribution in [0.2, 0.25) is 0 Å². The molecule has 0 heterocycles. The third kappa shape index (κ3) is 4.71. The van der Waals surface area contributed by atoms with Gasteiger partial charge in [0.25, 0.3) is 0 Å². The number of rotatable bonds is 6. The van der Waals surface area contributed by atoms with Crippen LogP contribution in [0.25, 0.3) is 0 Å². The first-order chi connectivity index (χ1) is 11.6. The van der Waals surface area contributed by atoms with Crippen molar-refractivity contribution in [3.8, 4) is 0 Å². The predicted octanol–water partition coefficient (Wildman–Crippen LogP) is 2.28. The zero-order valence-electron chi connectivity index (χ0n) is 12.9. The fourth-order valence-electron chi connectivity index (χ4n) is 2.25. The van der Waals surface area contributed by atoms with Crippen LogP contribution in [0.4, 0.5) is 5.69 Å². The molecule has 0 aromatic heterocycles. The molecule has 0 atom stereocenters. The predicted molar refractivity (Wildman–Crippen MR) is 101 cm³/mol. The van der Waals surface area contributed by atoms with E-state index in [1.165, 1.54) is 4.46 Å². The van der Waals surface area contributed by atoms with E-state index >= 15 is 0 Å². The Morgan fingerprint density at radius 1 is 0.750 bits per heavy atom. The van der Waals surface area contributed by atoms with Gasteiger partial charge in [-0.3, -0.25) is 0 Å². The zero-order chi connectivity index (χ0) is 16.8. The summed E-state index contributed by atoms with van der Waals surface area (Å²) in [5, 5.41) is 0. The molecule has 3 nitrogen and oxygen atoms in total. The summed E-state index contributed by atoms with van der Waals surface area (Å²) in [5.41, 5.74) is 1.44. The van der Waals surface area contributed by atoms with E-state index in [1.54, 1.807) is 0 Å². The van der Waals surface area contributed by atoms with Crippen molar-refractivity contribution in [3.63, 3.8) is 0 Å². The summed E-state index contributed by atoms with van der Waals surface area (Å²) in [6, 6.07) is 26.9. The van der Waals surface area contributed by atoms with E-state index in [0.717, 1.165) is 10.0 Å². The second-order valence-electron chi connectivity index (χ2n) is 5.26. The number of nitrogens with one attached hydrogen (secondary N) is 1. The molecule has 122 valence electrons. The first-order valence-electron chi connectivity index (χ1n) is 7.49. The van der Waals surface area contributed by atoms with Gasteiger partial charge in [0.1, 0.15) is 0 Å². The van der Waals surface area contributed by atoms with Gasteiger partial charge in [-0.1, -0.05) is 0 Å². The maximum atomic E-state index is 12.5. The van der Waals surface area contributed by atoms with Gasteiger partial charge in [-0.25, -0.2) is 0 Å². The van der Waals surface area contributed by atoms with Crippen LogP contribution < -0.4 is 13.6 Å². The molecule has 0 spiro atoms. The van der Waals surface area contributed by atoms with Crippen LogP contribution in [0.5, 0.6) is 0 Å².